The Morgan fingerprint density at radius 3 is 2.94 bits per heavy atom. The molecule has 0 aliphatic rings. The zero-order chi connectivity index (χ0) is 11.5. The number of carbonyl (C=O) groups excluding carboxylic acids is 1. The molecule has 2 rings (SSSR count). The van der Waals surface area contributed by atoms with Crippen molar-refractivity contribution in [2.24, 2.45) is 5.73 Å². The number of hydrogen-bond acceptors (Lipinski definition) is 2. The van der Waals surface area contributed by atoms with Gasteiger partial charge < -0.3 is 15.5 Å². The number of hydrogen-bond donors (Lipinski definition) is 2. The van der Waals surface area contributed by atoms with Crippen LogP contribution in [0, 0.1) is 0 Å². The summed E-state index contributed by atoms with van der Waals surface area (Å²) in [7, 11) is 0. The Morgan fingerprint density at radius 1 is 1.44 bits per heavy atom. The number of carbonyl (C=O) groups is 1. The van der Waals surface area contributed by atoms with E-state index in [1.165, 1.54) is 0 Å². The molecule has 0 spiro atoms. The second-order valence-corrected chi connectivity index (χ2v) is 4.14. The molecule has 1 atom stereocenters. The van der Waals surface area contributed by atoms with Crippen LogP contribution in [0.25, 0.3) is 10.9 Å². The maximum atomic E-state index is 10.9. The molecule has 1 heterocycles. The predicted octanol–water partition coefficient (Wildman–Crippen LogP) is 2.54. The number of para-hydroxylation sites is 1. The molecule has 3 N–H and O–H groups in total. The van der Waals surface area contributed by atoms with Gasteiger partial charge in [-0.05, 0) is 25.0 Å². The minimum atomic E-state index is -0.0694. The van der Waals surface area contributed by atoms with Gasteiger partial charge in [-0.3, -0.25) is 0 Å². The lowest BCUT2D eigenvalue weighted by Crippen LogP contribution is -2.11. The Bertz CT molecular complexity index is 501. The summed E-state index contributed by atoms with van der Waals surface area (Å²) in [6.07, 6.45) is 3.19. The fourth-order valence-electron chi connectivity index (χ4n) is 1.92. The van der Waals surface area contributed by atoms with Crippen LogP contribution in [0.5, 0.6) is 0 Å². The number of nitrogens with one attached hydrogen (secondary N) is 1. The number of fused-ring (bicyclic) bond motifs is 1. The van der Waals surface area contributed by atoms with Gasteiger partial charge in [-0.2, -0.15) is 0 Å². The van der Waals surface area contributed by atoms with Gasteiger partial charge in [-0.15, -0.1) is 0 Å². The topological polar surface area (TPSA) is 58.9 Å². The molecule has 84 valence electrons. The van der Waals surface area contributed by atoms with Crippen LogP contribution in [0.2, 0.25) is 0 Å². The zero-order valence-electron chi connectivity index (χ0n) is 9.36. The van der Waals surface area contributed by atoms with E-state index < -0.39 is 0 Å². The van der Waals surface area contributed by atoms with Crippen molar-refractivity contribution >= 4 is 16.7 Å². The smallest absolute Gasteiger partial charge is 0.129 e. The highest BCUT2D eigenvalue weighted by atomic mass is 16.1. The molecular formula is C13H16N2O. The average molecular weight is 216 g/mol. The fraction of sp³-hybridized carbons (Fsp3) is 0.308. The lowest BCUT2D eigenvalue weighted by Gasteiger charge is -2.09. The highest BCUT2D eigenvalue weighted by Crippen LogP contribution is 2.25. The second kappa shape index (κ2) is 4.49. The van der Waals surface area contributed by atoms with Crippen LogP contribution in [0.1, 0.15) is 31.4 Å². The molecule has 3 heteroatoms. The third-order valence-corrected chi connectivity index (χ3v) is 2.83. The summed E-state index contributed by atoms with van der Waals surface area (Å²) in [6.45, 7) is 1.60. The van der Waals surface area contributed by atoms with Gasteiger partial charge in [0.15, 0.2) is 0 Å². The zero-order valence-corrected chi connectivity index (χ0v) is 9.36. The summed E-state index contributed by atoms with van der Waals surface area (Å²) in [6, 6.07) is 7.99. The molecule has 1 aromatic heterocycles. The quantitative estimate of drug-likeness (QED) is 0.825. The monoisotopic (exact) mass is 216 g/mol. The van der Waals surface area contributed by atoms with Crippen LogP contribution in [0.4, 0.5) is 0 Å². The van der Waals surface area contributed by atoms with E-state index in [0.717, 1.165) is 16.5 Å². The van der Waals surface area contributed by atoms with Crippen molar-refractivity contribution in [3.63, 3.8) is 0 Å². The number of aromatic amines is 1. The van der Waals surface area contributed by atoms with E-state index in [0.29, 0.717) is 12.8 Å². The molecule has 1 unspecified atom stereocenters. The molecular weight excluding hydrogens is 200 g/mol. The van der Waals surface area contributed by atoms with Crippen molar-refractivity contribution in [1.82, 2.24) is 4.98 Å². The first-order valence-electron chi connectivity index (χ1n) is 5.49. The number of benzene rings is 1. The first kappa shape index (κ1) is 10.9. The van der Waals surface area contributed by atoms with E-state index >= 15 is 0 Å². The first-order chi connectivity index (χ1) is 7.68. The van der Waals surface area contributed by atoms with Crippen molar-refractivity contribution in [2.45, 2.75) is 25.8 Å². The average Bonchev–Trinajstić information content (AvgIpc) is 2.69. The van der Waals surface area contributed by atoms with Crippen molar-refractivity contribution in [1.29, 1.82) is 0 Å². The maximum Gasteiger partial charge on any atom is 0.129 e. The number of H-pyrrole nitrogens is 1. The van der Waals surface area contributed by atoms with E-state index in [4.69, 9.17) is 5.73 Å². The standard InChI is InChI=1S/C13H16N2O/c1-9(16)6-7-12(14)11-8-15-13-5-3-2-4-10(11)13/h2-5,8,12,15H,6-7,14H2,1H3. The third-order valence-electron chi connectivity index (χ3n) is 2.83. The molecule has 0 amide bonds. The maximum absolute atomic E-state index is 10.9. The Balaban J connectivity index is 2.22. The van der Waals surface area contributed by atoms with Crippen LogP contribution in [0.3, 0.4) is 0 Å². The Morgan fingerprint density at radius 2 is 2.19 bits per heavy atom. The largest absolute Gasteiger partial charge is 0.361 e. The number of rotatable bonds is 4. The summed E-state index contributed by atoms with van der Waals surface area (Å²) < 4.78 is 0. The first-order valence-corrected chi connectivity index (χ1v) is 5.49. The van der Waals surface area contributed by atoms with E-state index in [2.05, 4.69) is 11.1 Å². The number of nitrogens with two attached hydrogens (primary N) is 1. The molecule has 0 saturated heterocycles. The summed E-state index contributed by atoms with van der Waals surface area (Å²) >= 11 is 0. The van der Waals surface area contributed by atoms with Crippen LogP contribution in [-0.2, 0) is 4.79 Å². The summed E-state index contributed by atoms with van der Waals surface area (Å²) in [4.78, 5) is 14.1. The van der Waals surface area contributed by atoms with Gasteiger partial charge in [-0.25, -0.2) is 0 Å². The summed E-state index contributed by atoms with van der Waals surface area (Å²) in [5.41, 5.74) is 8.27. The van der Waals surface area contributed by atoms with E-state index in [1.54, 1.807) is 6.92 Å². The molecule has 0 fully saturated rings. The number of aromatic nitrogens is 1. The molecule has 16 heavy (non-hydrogen) atoms. The van der Waals surface area contributed by atoms with Crippen LogP contribution in [-0.4, -0.2) is 10.8 Å². The molecule has 1 aromatic carbocycles. The second-order valence-electron chi connectivity index (χ2n) is 4.14. The van der Waals surface area contributed by atoms with Gasteiger partial charge in [0.1, 0.15) is 5.78 Å². The Hall–Kier alpha value is -1.61. The third kappa shape index (κ3) is 2.14. The van der Waals surface area contributed by atoms with Crippen LogP contribution >= 0.6 is 0 Å². The molecule has 0 aliphatic carbocycles. The van der Waals surface area contributed by atoms with E-state index in [9.17, 15) is 4.79 Å². The lowest BCUT2D eigenvalue weighted by molar-refractivity contribution is -0.117. The fourth-order valence-corrected chi connectivity index (χ4v) is 1.92. The van der Waals surface area contributed by atoms with Gasteiger partial charge in [0.05, 0.1) is 0 Å². The summed E-state index contributed by atoms with van der Waals surface area (Å²) in [5, 5.41) is 1.15. The van der Waals surface area contributed by atoms with Gasteiger partial charge in [0, 0.05) is 29.6 Å². The van der Waals surface area contributed by atoms with Gasteiger partial charge >= 0.3 is 0 Å². The predicted molar refractivity (Wildman–Crippen MR) is 65.1 cm³/mol. The van der Waals surface area contributed by atoms with Crippen LogP contribution in [0.15, 0.2) is 30.5 Å². The number of ketones is 1. The minimum Gasteiger partial charge on any atom is -0.361 e. The molecule has 0 bridgehead atoms. The Kier molecular flexibility index (Phi) is 3.06. The van der Waals surface area contributed by atoms with Gasteiger partial charge in [0.2, 0.25) is 0 Å². The van der Waals surface area contributed by atoms with E-state index in [1.807, 2.05) is 24.4 Å². The lowest BCUT2D eigenvalue weighted by atomic mass is 10.0. The SMILES string of the molecule is CC(=O)CCC(N)c1c[nH]c2ccccc12. The normalized spacial score (nSPS) is 12.9. The molecule has 0 aliphatic heterocycles. The molecule has 0 saturated carbocycles. The van der Waals surface area contributed by atoms with Crippen molar-refractivity contribution in [3.05, 3.63) is 36.0 Å². The van der Waals surface area contributed by atoms with E-state index in [-0.39, 0.29) is 11.8 Å². The van der Waals surface area contributed by atoms with Crippen molar-refractivity contribution in [2.75, 3.05) is 0 Å². The van der Waals surface area contributed by atoms with Crippen LogP contribution < -0.4 is 5.73 Å². The van der Waals surface area contributed by atoms with Gasteiger partial charge in [0.25, 0.3) is 0 Å². The minimum absolute atomic E-state index is 0.0694. The molecule has 3 nitrogen and oxygen atoms in total. The highest BCUT2D eigenvalue weighted by Gasteiger charge is 2.11. The highest BCUT2D eigenvalue weighted by molar-refractivity contribution is 5.83. The van der Waals surface area contributed by atoms with Gasteiger partial charge in [-0.1, -0.05) is 18.2 Å². The number of Topliss-reactive ketones (excluding diaryl/α,β-unsaturated/α-hetero) is 1. The van der Waals surface area contributed by atoms with Crippen molar-refractivity contribution < 1.29 is 4.79 Å². The molecule has 2 aromatic rings. The Labute approximate surface area is 94.6 Å². The summed E-state index contributed by atoms with van der Waals surface area (Å²) in [5.74, 6) is 0.190. The molecule has 0 radical (unpaired) electrons. The van der Waals surface area contributed by atoms with Crippen molar-refractivity contribution in [3.8, 4) is 0 Å².